The van der Waals surface area contributed by atoms with Crippen LogP contribution in [0.5, 0.6) is 0 Å². The van der Waals surface area contributed by atoms with Gasteiger partial charge in [0.2, 0.25) is 0 Å². The minimum absolute atomic E-state index is 0.0158. The largest absolute Gasteiger partial charge is 0.338 e. The topological polar surface area (TPSA) is 52.7 Å². The van der Waals surface area contributed by atoms with Crippen LogP contribution in [-0.2, 0) is 0 Å². The second kappa shape index (κ2) is 7.02. The van der Waals surface area contributed by atoms with E-state index in [1.807, 2.05) is 41.0 Å². The average Bonchev–Trinajstić information content (AvgIpc) is 3.39. The number of amides is 3. The van der Waals surface area contributed by atoms with Gasteiger partial charge in [-0.1, -0.05) is 18.2 Å². The van der Waals surface area contributed by atoms with Gasteiger partial charge in [0.05, 0.1) is 0 Å². The van der Waals surface area contributed by atoms with Crippen molar-refractivity contribution in [2.24, 2.45) is 5.92 Å². The Bertz CT molecular complexity index is 583. The first-order valence-corrected chi connectivity index (χ1v) is 8.53. The summed E-state index contributed by atoms with van der Waals surface area (Å²) in [6.07, 6.45) is 3.30. The monoisotopic (exact) mass is 315 g/mol. The number of urea groups is 1. The first-order valence-electron chi connectivity index (χ1n) is 8.53. The number of rotatable bonds is 3. The van der Waals surface area contributed by atoms with Crippen LogP contribution in [0.25, 0.3) is 0 Å². The van der Waals surface area contributed by atoms with E-state index in [-0.39, 0.29) is 11.9 Å². The molecule has 1 aliphatic carbocycles. The molecule has 1 saturated heterocycles. The van der Waals surface area contributed by atoms with E-state index >= 15 is 0 Å². The molecule has 0 bridgehead atoms. The van der Waals surface area contributed by atoms with E-state index in [0.717, 1.165) is 24.1 Å². The van der Waals surface area contributed by atoms with Crippen LogP contribution < -0.4 is 5.32 Å². The lowest BCUT2D eigenvalue weighted by molar-refractivity contribution is 0.0761. The molecule has 23 heavy (non-hydrogen) atoms. The second-order valence-corrected chi connectivity index (χ2v) is 6.58. The van der Waals surface area contributed by atoms with Crippen LogP contribution in [0.2, 0.25) is 0 Å². The van der Waals surface area contributed by atoms with Crippen molar-refractivity contribution in [1.29, 1.82) is 0 Å². The molecule has 1 aliphatic heterocycles. The van der Waals surface area contributed by atoms with Crippen molar-refractivity contribution < 1.29 is 9.59 Å². The molecule has 1 N–H and O–H groups in total. The fourth-order valence-electron chi connectivity index (χ4n) is 2.97. The molecule has 0 radical (unpaired) electrons. The van der Waals surface area contributed by atoms with E-state index in [0.29, 0.717) is 32.1 Å². The van der Waals surface area contributed by atoms with E-state index < -0.39 is 0 Å². The third-order valence-corrected chi connectivity index (χ3v) is 4.68. The molecule has 124 valence electrons. The lowest BCUT2D eigenvalue weighted by Gasteiger charge is -2.23. The molecule has 0 spiro atoms. The summed E-state index contributed by atoms with van der Waals surface area (Å²) in [5, 5.41) is 3.01. The van der Waals surface area contributed by atoms with Crippen LogP contribution in [0, 0.1) is 12.8 Å². The van der Waals surface area contributed by atoms with Gasteiger partial charge in [-0.15, -0.1) is 0 Å². The highest BCUT2D eigenvalue weighted by Crippen LogP contribution is 2.27. The smallest absolute Gasteiger partial charge is 0.317 e. The van der Waals surface area contributed by atoms with Crippen molar-refractivity contribution in [1.82, 2.24) is 15.1 Å². The zero-order chi connectivity index (χ0) is 16.2. The van der Waals surface area contributed by atoms with Crippen LogP contribution in [0.15, 0.2) is 24.3 Å². The molecule has 2 fully saturated rings. The Morgan fingerprint density at radius 3 is 2.52 bits per heavy atom. The Balaban J connectivity index is 1.56. The van der Waals surface area contributed by atoms with E-state index in [9.17, 15) is 9.59 Å². The normalized spacial score (nSPS) is 18.5. The summed E-state index contributed by atoms with van der Waals surface area (Å²) in [4.78, 5) is 28.6. The molecular formula is C18H25N3O2. The summed E-state index contributed by atoms with van der Waals surface area (Å²) in [5.41, 5.74) is 1.76. The number of nitrogens with one attached hydrogen (secondary N) is 1. The lowest BCUT2D eigenvalue weighted by Crippen LogP contribution is -2.43. The maximum Gasteiger partial charge on any atom is 0.317 e. The summed E-state index contributed by atoms with van der Waals surface area (Å²) >= 11 is 0. The highest BCUT2D eigenvalue weighted by molar-refractivity contribution is 5.95. The Morgan fingerprint density at radius 1 is 1.09 bits per heavy atom. The molecule has 3 rings (SSSR count). The van der Waals surface area contributed by atoms with Gasteiger partial charge in [-0.2, -0.15) is 0 Å². The highest BCUT2D eigenvalue weighted by atomic mass is 16.2. The fraction of sp³-hybridized carbons (Fsp3) is 0.556. The quantitative estimate of drug-likeness (QED) is 0.930. The van der Waals surface area contributed by atoms with Crippen LogP contribution in [0.1, 0.15) is 35.2 Å². The van der Waals surface area contributed by atoms with Crippen molar-refractivity contribution >= 4 is 11.9 Å². The molecule has 3 amide bonds. The van der Waals surface area contributed by atoms with E-state index in [1.54, 1.807) is 0 Å². The van der Waals surface area contributed by atoms with Gasteiger partial charge in [-0.25, -0.2) is 4.79 Å². The molecule has 1 aromatic rings. The van der Waals surface area contributed by atoms with E-state index in [4.69, 9.17) is 0 Å². The summed E-state index contributed by atoms with van der Waals surface area (Å²) in [6, 6.07) is 7.70. The van der Waals surface area contributed by atoms with Crippen molar-refractivity contribution in [3.63, 3.8) is 0 Å². The number of hydrogen-bond donors (Lipinski definition) is 1. The zero-order valence-corrected chi connectivity index (χ0v) is 13.8. The van der Waals surface area contributed by atoms with Crippen molar-refractivity contribution in [2.45, 2.75) is 26.2 Å². The summed E-state index contributed by atoms with van der Waals surface area (Å²) in [6.45, 7) is 5.38. The Morgan fingerprint density at radius 2 is 1.78 bits per heavy atom. The van der Waals surface area contributed by atoms with E-state index in [2.05, 4.69) is 5.32 Å². The van der Waals surface area contributed by atoms with Gasteiger partial charge in [0, 0.05) is 38.3 Å². The molecular weight excluding hydrogens is 290 g/mol. The van der Waals surface area contributed by atoms with Crippen LogP contribution in [-0.4, -0.2) is 54.5 Å². The average molecular weight is 315 g/mol. The van der Waals surface area contributed by atoms with Gasteiger partial charge in [-0.3, -0.25) is 4.79 Å². The van der Waals surface area contributed by atoms with E-state index in [1.165, 1.54) is 12.8 Å². The van der Waals surface area contributed by atoms with Gasteiger partial charge >= 0.3 is 6.03 Å². The number of nitrogens with zero attached hydrogens (tertiary/aromatic N) is 2. The molecule has 1 saturated carbocycles. The predicted molar refractivity (Wildman–Crippen MR) is 89.4 cm³/mol. The van der Waals surface area contributed by atoms with Gasteiger partial charge in [0.25, 0.3) is 5.91 Å². The first kappa shape index (κ1) is 15.8. The van der Waals surface area contributed by atoms with Crippen LogP contribution >= 0.6 is 0 Å². The van der Waals surface area contributed by atoms with Crippen molar-refractivity contribution in [3.8, 4) is 0 Å². The Kier molecular flexibility index (Phi) is 4.84. The van der Waals surface area contributed by atoms with Crippen LogP contribution in [0.3, 0.4) is 0 Å². The van der Waals surface area contributed by atoms with Gasteiger partial charge in [0.1, 0.15) is 0 Å². The molecule has 0 aromatic heterocycles. The van der Waals surface area contributed by atoms with Crippen molar-refractivity contribution in [3.05, 3.63) is 35.4 Å². The molecule has 1 heterocycles. The first-order chi connectivity index (χ1) is 11.1. The third-order valence-electron chi connectivity index (χ3n) is 4.68. The standard InChI is InChI=1S/C18H25N3O2/c1-14-5-2-3-6-16(14)17(22)20-9-4-10-21(12-11-20)18(23)19-13-15-7-8-15/h2-3,5-6,15H,4,7-13H2,1H3,(H,19,23). The SMILES string of the molecule is Cc1ccccc1C(=O)N1CCCN(C(=O)NCC2CC2)CC1. The molecule has 0 atom stereocenters. The molecule has 5 heteroatoms. The molecule has 1 aromatic carbocycles. The Labute approximate surface area is 137 Å². The maximum atomic E-state index is 12.7. The number of carbonyl (C=O) groups excluding carboxylic acids is 2. The highest BCUT2D eigenvalue weighted by Gasteiger charge is 2.25. The van der Waals surface area contributed by atoms with Crippen molar-refractivity contribution in [2.75, 3.05) is 32.7 Å². The number of benzene rings is 1. The molecule has 5 nitrogen and oxygen atoms in total. The minimum Gasteiger partial charge on any atom is -0.338 e. The number of carbonyl (C=O) groups is 2. The predicted octanol–water partition coefficient (Wildman–Crippen LogP) is 2.26. The maximum absolute atomic E-state index is 12.7. The second-order valence-electron chi connectivity index (χ2n) is 6.58. The number of hydrogen-bond acceptors (Lipinski definition) is 2. The molecule has 2 aliphatic rings. The minimum atomic E-state index is 0.0158. The van der Waals surface area contributed by atoms with Gasteiger partial charge < -0.3 is 15.1 Å². The zero-order valence-electron chi connectivity index (χ0n) is 13.8. The molecule has 0 unspecified atom stereocenters. The van der Waals surface area contributed by atoms with Crippen LogP contribution in [0.4, 0.5) is 4.79 Å². The number of aryl methyl sites for hydroxylation is 1. The summed E-state index contributed by atoms with van der Waals surface area (Å²) in [5.74, 6) is 0.758. The lowest BCUT2D eigenvalue weighted by atomic mass is 10.1. The Hall–Kier alpha value is -2.04. The summed E-state index contributed by atoms with van der Waals surface area (Å²) < 4.78 is 0. The summed E-state index contributed by atoms with van der Waals surface area (Å²) in [7, 11) is 0. The van der Waals surface area contributed by atoms with Gasteiger partial charge in [0.15, 0.2) is 0 Å². The van der Waals surface area contributed by atoms with Gasteiger partial charge in [-0.05, 0) is 43.7 Å². The fourth-order valence-corrected chi connectivity index (χ4v) is 2.97. The third kappa shape index (κ3) is 4.03.